The number of hydrogen-bond acceptors (Lipinski definition) is 3. The number of nitrogens with two attached hydrogens (primary N) is 1. The van der Waals surface area contributed by atoms with Crippen LogP contribution in [0.5, 0.6) is 0 Å². The molecule has 1 unspecified atom stereocenters. The van der Waals surface area contributed by atoms with Gasteiger partial charge in [0.25, 0.3) is 0 Å². The van der Waals surface area contributed by atoms with Gasteiger partial charge in [0, 0.05) is 32.1 Å². The van der Waals surface area contributed by atoms with E-state index in [-0.39, 0.29) is 29.6 Å². The summed E-state index contributed by atoms with van der Waals surface area (Å²) in [6.45, 7) is 8.37. The summed E-state index contributed by atoms with van der Waals surface area (Å²) in [5.41, 5.74) is 5.68. The molecule has 1 heterocycles. The number of nitrogens with one attached hydrogen (secondary N) is 1. The first-order chi connectivity index (χ1) is 9.01. The average Bonchev–Trinajstić information content (AvgIpc) is 2.39. The Labute approximate surface area is 115 Å². The van der Waals surface area contributed by atoms with Crippen molar-refractivity contribution < 1.29 is 9.59 Å². The SMILES string of the molecule is CCNC(=O)C1CCN(C(=O)C(CN)C(C)C)CC1. The minimum Gasteiger partial charge on any atom is -0.356 e. The lowest BCUT2D eigenvalue weighted by molar-refractivity contribution is -0.140. The third-order valence-corrected chi connectivity index (χ3v) is 3.90. The minimum atomic E-state index is -0.0963. The molecule has 110 valence electrons. The molecule has 1 aliphatic rings. The van der Waals surface area contributed by atoms with Crippen molar-refractivity contribution in [1.82, 2.24) is 10.2 Å². The molecule has 1 saturated heterocycles. The lowest BCUT2D eigenvalue weighted by atomic mass is 9.91. The first-order valence-corrected chi connectivity index (χ1v) is 7.27. The van der Waals surface area contributed by atoms with Crippen molar-refractivity contribution in [2.45, 2.75) is 33.6 Å². The molecule has 0 saturated carbocycles. The first-order valence-electron chi connectivity index (χ1n) is 7.27. The Hall–Kier alpha value is -1.10. The standard InChI is InChI=1S/C14H27N3O2/c1-4-16-13(18)11-5-7-17(8-6-11)14(19)12(9-15)10(2)3/h10-12H,4-9,15H2,1-3H3,(H,16,18). The van der Waals surface area contributed by atoms with Crippen molar-refractivity contribution >= 4 is 11.8 Å². The van der Waals surface area contributed by atoms with Gasteiger partial charge in [-0.15, -0.1) is 0 Å². The zero-order valence-electron chi connectivity index (χ0n) is 12.3. The van der Waals surface area contributed by atoms with Gasteiger partial charge in [-0.25, -0.2) is 0 Å². The monoisotopic (exact) mass is 269 g/mol. The fourth-order valence-electron chi connectivity index (χ4n) is 2.57. The smallest absolute Gasteiger partial charge is 0.227 e. The number of nitrogens with zero attached hydrogens (tertiary/aromatic N) is 1. The van der Waals surface area contributed by atoms with Crippen LogP contribution in [0.1, 0.15) is 33.6 Å². The van der Waals surface area contributed by atoms with E-state index in [1.165, 1.54) is 0 Å². The zero-order valence-corrected chi connectivity index (χ0v) is 12.3. The molecule has 19 heavy (non-hydrogen) atoms. The summed E-state index contributed by atoms with van der Waals surface area (Å²) in [7, 11) is 0. The first kappa shape index (κ1) is 16.0. The normalized spacial score (nSPS) is 18.5. The second kappa shape index (κ2) is 7.48. The molecule has 2 amide bonds. The summed E-state index contributed by atoms with van der Waals surface area (Å²) in [5, 5.41) is 2.85. The zero-order chi connectivity index (χ0) is 14.4. The van der Waals surface area contributed by atoms with Crippen molar-refractivity contribution in [3.63, 3.8) is 0 Å². The highest BCUT2D eigenvalue weighted by molar-refractivity contribution is 5.81. The highest BCUT2D eigenvalue weighted by Crippen LogP contribution is 2.21. The van der Waals surface area contributed by atoms with Gasteiger partial charge in [0.15, 0.2) is 0 Å². The summed E-state index contributed by atoms with van der Waals surface area (Å²) in [6, 6.07) is 0. The van der Waals surface area contributed by atoms with Crippen LogP contribution < -0.4 is 11.1 Å². The number of carbonyl (C=O) groups is 2. The number of hydrogen-bond donors (Lipinski definition) is 2. The molecule has 0 aromatic carbocycles. The van der Waals surface area contributed by atoms with Crippen LogP contribution in [0.4, 0.5) is 0 Å². The maximum Gasteiger partial charge on any atom is 0.227 e. The number of amides is 2. The van der Waals surface area contributed by atoms with Gasteiger partial charge >= 0.3 is 0 Å². The molecule has 5 nitrogen and oxygen atoms in total. The second-order valence-electron chi connectivity index (χ2n) is 5.58. The average molecular weight is 269 g/mol. The van der Waals surface area contributed by atoms with Crippen LogP contribution in [0.2, 0.25) is 0 Å². The van der Waals surface area contributed by atoms with E-state index in [1.54, 1.807) is 0 Å². The maximum atomic E-state index is 12.3. The predicted octanol–water partition coefficient (Wildman–Crippen LogP) is 0.592. The largest absolute Gasteiger partial charge is 0.356 e. The van der Waals surface area contributed by atoms with Gasteiger partial charge in [0.05, 0.1) is 5.92 Å². The lowest BCUT2D eigenvalue weighted by Gasteiger charge is -2.34. The van der Waals surface area contributed by atoms with Crippen LogP contribution in [0.25, 0.3) is 0 Å². The Morgan fingerprint density at radius 3 is 2.32 bits per heavy atom. The highest BCUT2D eigenvalue weighted by atomic mass is 16.2. The number of carbonyl (C=O) groups excluding carboxylic acids is 2. The van der Waals surface area contributed by atoms with Crippen LogP contribution in [-0.4, -0.2) is 42.9 Å². The second-order valence-corrected chi connectivity index (χ2v) is 5.58. The molecule has 0 radical (unpaired) electrons. The van der Waals surface area contributed by atoms with E-state index in [1.807, 2.05) is 25.7 Å². The molecule has 1 atom stereocenters. The van der Waals surface area contributed by atoms with Gasteiger partial charge in [-0.1, -0.05) is 13.8 Å². The number of piperidine rings is 1. The van der Waals surface area contributed by atoms with E-state index in [2.05, 4.69) is 5.32 Å². The number of rotatable bonds is 5. The Morgan fingerprint density at radius 1 is 1.32 bits per heavy atom. The Kier molecular flexibility index (Phi) is 6.28. The Bertz CT molecular complexity index is 310. The van der Waals surface area contributed by atoms with Crippen molar-refractivity contribution in [3.8, 4) is 0 Å². The molecular formula is C14H27N3O2. The molecule has 0 spiro atoms. The summed E-state index contributed by atoms with van der Waals surface area (Å²) in [6.07, 6.45) is 1.51. The summed E-state index contributed by atoms with van der Waals surface area (Å²) in [5.74, 6) is 0.486. The maximum absolute atomic E-state index is 12.3. The molecule has 0 bridgehead atoms. The molecule has 3 N–H and O–H groups in total. The van der Waals surface area contributed by atoms with Crippen molar-refractivity contribution in [1.29, 1.82) is 0 Å². The molecule has 1 rings (SSSR count). The van der Waals surface area contributed by atoms with E-state index in [9.17, 15) is 9.59 Å². The fourth-order valence-corrected chi connectivity index (χ4v) is 2.57. The summed E-state index contributed by atoms with van der Waals surface area (Å²) >= 11 is 0. The van der Waals surface area contributed by atoms with E-state index in [0.29, 0.717) is 26.2 Å². The van der Waals surface area contributed by atoms with Crippen molar-refractivity contribution in [2.24, 2.45) is 23.5 Å². The van der Waals surface area contributed by atoms with Crippen LogP contribution >= 0.6 is 0 Å². The molecular weight excluding hydrogens is 242 g/mol. The van der Waals surface area contributed by atoms with E-state index >= 15 is 0 Å². The molecule has 1 aliphatic heterocycles. The van der Waals surface area contributed by atoms with Gasteiger partial charge in [-0.3, -0.25) is 9.59 Å². The molecule has 0 aromatic rings. The van der Waals surface area contributed by atoms with Gasteiger partial charge < -0.3 is 16.0 Å². The van der Waals surface area contributed by atoms with E-state index < -0.39 is 0 Å². The summed E-state index contributed by atoms with van der Waals surface area (Å²) < 4.78 is 0. The third kappa shape index (κ3) is 4.20. The van der Waals surface area contributed by atoms with Crippen molar-refractivity contribution in [3.05, 3.63) is 0 Å². The quantitative estimate of drug-likeness (QED) is 0.767. The van der Waals surface area contributed by atoms with Gasteiger partial charge in [0.1, 0.15) is 0 Å². The van der Waals surface area contributed by atoms with Crippen LogP contribution in [0.15, 0.2) is 0 Å². The van der Waals surface area contributed by atoms with Crippen LogP contribution in [0, 0.1) is 17.8 Å². The van der Waals surface area contributed by atoms with Gasteiger partial charge in [-0.05, 0) is 25.7 Å². The summed E-state index contributed by atoms with van der Waals surface area (Å²) in [4.78, 5) is 25.9. The molecule has 0 aromatic heterocycles. The minimum absolute atomic E-state index is 0.0550. The highest BCUT2D eigenvalue weighted by Gasteiger charge is 2.31. The fraction of sp³-hybridized carbons (Fsp3) is 0.857. The lowest BCUT2D eigenvalue weighted by Crippen LogP contribution is -2.47. The van der Waals surface area contributed by atoms with E-state index in [4.69, 9.17) is 5.73 Å². The Morgan fingerprint density at radius 2 is 1.89 bits per heavy atom. The van der Waals surface area contributed by atoms with Crippen LogP contribution in [-0.2, 0) is 9.59 Å². The van der Waals surface area contributed by atoms with Crippen molar-refractivity contribution in [2.75, 3.05) is 26.2 Å². The third-order valence-electron chi connectivity index (χ3n) is 3.90. The molecule has 5 heteroatoms. The van der Waals surface area contributed by atoms with Gasteiger partial charge in [0.2, 0.25) is 11.8 Å². The van der Waals surface area contributed by atoms with Gasteiger partial charge in [-0.2, -0.15) is 0 Å². The Balaban J connectivity index is 2.49. The molecule has 0 aliphatic carbocycles. The van der Waals surface area contributed by atoms with Crippen LogP contribution in [0.3, 0.4) is 0 Å². The number of likely N-dealkylation sites (tertiary alicyclic amines) is 1. The molecule has 1 fully saturated rings. The van der Waals surface area contributed by atoms with E-state index in [0.717, 1.165) is 12.8 Å². The topological polar surface area (TPSA) is 75.4 Å². The predicted molar refractivity (Wildman–Crippen MR) is 75.4 cm³/mol.